The van der Waals surface area contributed by atoms with Crippen LogP contribution in [0, 0.1) is 17.2 Å². The van der Waals surface area contributed by atoms with Crippen molar-refractivity contribution in [2.24, 2.45) is 11.3 Å². The molecule has 0 N–H and O–H groups in total. The van der Waals surface area contributed by atoms with Gasteiger partial charge in [0.1, 0.15) is 5.82 Å². The summed E-state index contributed by atoms with van der Waals surface area (Å²) in [6.45, 7) is 4.30. The lowest BCUT2D eigenvalue weighted by Gasteiger charge is -2.39. The fraction of sp³-hybridized carbons (Fsp3) is 0.632. The summed E-state index contributed by atoms with van der Waals surface area (Å²) in [4.78, 5) is 17.5. The molecule has 2 heterocycles. The fourth-order valence-corrected chi connectivity index (χ4v) is 4.53. The van der Waals surface area contributed by atoms with Crippen LogP contribution in [0.15, 0.2) is 18.2 Å². The molecule has 2 aliphatic heterocycles. The van der Waals surface area contributed by atoms with E-state index in [1.165, 1.54) is 25.0 Å². The Morgan fingerprint density at radius 2 is 2.08 bits per heavy atom. The SMILES string of the molecule is O=C1N(CC2CC2)CCC[C@]12CCN(Cc1ccc(F)cc1Cl)C2. The molecule has 3 aliphatic rings. The number of amides is 1. The molecule has 1 saturated carbocycles. The van der Waals surface area contributed by atoms with Gasteiger partial charge >= 0.3 is 0 Å². The fourth-order valence-electron chi connectivity index (χ4n) is 4.30. The van der Waals surface area contributed by atoms with Gasteiger partial charge in [-0.05, 0) is 62.3 Å². The maximum atomic E-state index is 13.2. The first-order chi connectivity index (χ1) is 11.6. The van der Waals surface area contributed by atoms with Crippen LogP contribution in [0.3, 0.4) is 0 Å². The molecule has 0 radical (unpaired) electrons. The normalized spacial score (nSPS) is 28.1. The third kappa shape index (κ3) is 3.18. The quantitative estimate of drug-likeness (QED) is 0.826. The molecule has 0 aromatic heterocycles. The van der Waals surface area contributed by atoms with Crippen LogP contribution < -0.4 is 0 Å². The van der Waals surface area contributed by atoms with Crippen molar-refractivity contribution in [1.29, 1.82) is 0 Å². The molecule has 1 aromatic carbocycles. The van der Waals surface area contributed by atoms with Gasteiger partial charge in [0.25, 0.3) is 0 Å². The lowest BCUT2D eigenvalue weighted by molar-refractivity contribution is -0.145. The van der Waals surface area contributed by atoms with Crippen molar-refractivity contribution in [3.8, 4) is 0 Å². The molecular formula is C19H24ClFN2O. The maximum Gasteiger partial charge on any atom is 0.230 e. The Kier molecular flexibility index (Phi) is 4.29. The van der Waals surface area contributed by atoms with E-state index in [2.05, 4.69) is 9.80 Å². The van der Waals surface area contributed by atoms with E-state index in [0.717, 1.165) is 56.9 Å². The second-order valence-electron chi connectivity index (χ2n) is 7.77. The van der Waals surface area contributed by atoms with E-state index < -0.39 is 0 Å². The third-order valence-corrected chi connectivity index (χ3v) is 6.19. The van der Waals surface area contributed by atoms with Crippen LogP contribution in [0.5, 0.6) is 0 Å². The van der Waals surface area contributed by atoms with Crippen LogP contribution in [0.25, 0.3) is 0 Å². The van der Waals surface area contributed by atoms with E-state index in [4.69, 9.17) is 11.6 Å². The summed E-state index contributed by atoms with van der Waals surface area (Å²) in [5, 5.41) is 0.473. The van der Waals surface area contributed by atoms with Crippen molar-refractivity contribution in [3.05, 3.63) is 34.6 Å². The average molecular weight is 351 g/mol. The van der Waals surface area contributed by atoms with Gasteiger partial charge in [0.2, 0.25) is 5.91 Å². The molecule has 5 heteroatoms. The number of benzene rings is 1. The van der Waals surface area contributed by atoms with Gasteiger partial charge in [-0.3, -0.25) is 9.69 Å². The van der Waals surface area contributed by atoms with Gasteiger partial charge in [0.15, 0.2) is 0 Å². The number of halogens is 2. The highest BCUT2D eigenvalue weighted by molar-refractivity contribution is 6.31. The Bertz CT molecular complexity index is 648. The molecule has 130 valence electrons. The first-order valence-corrected chi connectivity index (χ1v) is 9.39. The molecule has 1 aromatic rings. The van der Waals surface area contributed by atoms with Gasteiger partial charge < -0.3 is 4.90 Å². The van der Waals surface area contributed by atoms with Crippen molar-refractivity contribution >= 4 is 17.5 Å². The van der Waals surface area contributed by atoms with Crippen molar-refractivity contribution in [2.45, 2.75) is 38.6 Å². The minimum absolute atomic E-state index is 0.195. The molecule has 0 unspecified atom stereocenters. The van der Waals surface area contributed by atoms with Crippen LogP contribution in [0.1, 0.15) is 37.7 Å². The highest BCUT2D eigenvalue weighted by atomic mass is 35.5. The van der Waals surface area contributed by atoms with Crippen LogP contribution in [0.2, 0.25) is 5.02 Å². The van der Waals surface area contributed by atoms with Crippen LogP contribution in [-0.4, -0.2) is 41.9 Å². The lowest BCUT2D eigenvalue weighted by Crippen LogP contribution is -2.50. The highest BCUT2D eigenvalue weighted by Gasteiger charge is 2.48. The van der Waals surface area contributed by atoms with Crippen LogP contribution in [0.4, 0.5) is 4.39 Å². The van der Waals surface area contributed by atoms with E-state index in [9.17, 15) is 9.18 Å². The molecule has 1 spiro atoms. The molecule has 3 fully saturated rings. The maximum absolute atomic E-state index is 13.2. The average Bonchev–Trinajstić information content (AvgIpc) is 3.27. The predicted octanol–water partition coefficient (Wildman–Crippen LogP) is 3.70. The summed E-state index contributed by atoms with van der Waals surface area (Å²) in [5.74, 6) is 0.813. The molecule has 4 rings (SSSR count). The Hall–Kier alpha value is -1.13. The number of carbonyl (C=O) groups is 1. The van der Waals surface area contributed by atoms with Crippen molar-refractivity contribution in [3.63, 3.8) is 0 Å². The molecule has 1 aliphatic carbocycles. The van der Waals surface area contributed by atoms with Gasteiger partial charge in [0.05, 0.1) is 5.41 Å². The minimum atomic E-state index is -0.306. The Morgan fingerprint density at radius 1 is 1.25 bits per heavy atom. The zero-order valence-electron chi connectivity index (χ0n) is 13.9. The molecule has 24 heavy (non-hydrogen) atoms. The zero-order valence-corrected chi connectivity index (χ0v) is 14.7. The summed E-state index contributed by atoms with van der Waals surface area (Å²) < 4.78 is 13.2. The predicted molar refractivity (Wildman–Crippen MR) is 92.3 cm³/mol. The van der Waals surface area contributed by atoms with Crippen molar-refractivity contribution in [2.75, 3.05) is 26.2 Å². The summed E-state index contributed by atoms with van der Waals surface area (Å²) >= 11 is 6.16. The second-order valence-corrected chi connectivity index (χ2v) is 8.18. The Labute approximate surface area is 147 Å². The van der Waals surface area contributed by atoms with Gasteiger partial charge in [-0.15, -0.1) is 0 Å². The lowest BCUT2D eigenvalue weighted by atomic mass is 9.78. The standard InChI is InChI=1S/C19H24ClFN2O/c20-17-10-16(21)5-4-15(17)12-22-9-7-19(13-22)6-1-8-23(18(19)24)11-14-2-3-14/h4-5,10,14H,1-3,6-9,11-13H2/t19-/m1/s1. The number of likely N-dealkylation sites (tertiary alicyclic amines) is 2. The first-order valence-electron chi connectivity index (χ1n) is 9.01. The third-order valence-electron chi connectivity index (χ3n) is 5.84. The van der Waals surface area contributed by atoms with Gasteiger partial charge in [-0.25, -0.2) is 4.39 Å². The van der Waals surface area contributed by atoms with E-state index in [0.29, 0.717) is 17.5 Å². The van der Waals surface area contributed by atoms with Crippen molar-refractivity contribution in [1.82, 2.24) is 9.80 Å². The number of piperidine rings is 1. The number of rotatable bonds is 4. The summed E-state index contributed by atoms with van der Waals surface area (Å²) in [7, 11) is 0. The molecule has 2 saturated heterocycles. The Morgan fingerprint density at radius 3 is 2.83 bits per heavy atom. The van der Waals surface area contributed by atoms with Gasteiger partial charge in [0, 0.05) is 31.2 Å². The number of nitrogens with zero attached hydrogens (tertiary/aromatic N) is 2. The van der Waals surface area contributed by atoms with Crippen LogP contribution in [-0.2, 0) is 11.3 Å². The van der Waals surface area contributed by atoms with E-state index in [1.807, 2.05) is 0 Å². The number of hydrogen-bond donors (Lipinski definition) is 0. The monoisotopic (exact) mass is 350 g/mol. The topological polar surface area (TPSA) is 23.6 Å². The second kappa shape index (κ2) is 6.30. The highest BCUT2D eigenvalue weighted by Crippen LogP contribution is 2.42. The van der Waals surface area contributed by atoms with E-state index in [-0.39, 0.29) is 11.2 Å². The van der Waals surface area contributed by atoms with E-state index in [1.54, 1.807) is 6.07 Å². The van der Waals surface area contributed by atoms with Gasteiger partial charge in [-0.2, -0.15) is 0 Å². The first kappa shape index (κ1) is 16.3. The largest absolute Gasteiger partial charge is 0.342 e. The molecular weight excluding hydrogens is 327 g/mol. The molecule has 0 bridgehead atoms. The number of carbonyl (C=O) groups excluding carboxylic acids is 1. The summed E-state index contributed by atoms with van der Waals surface area (Å²) in [6, 6.07) is 4.58. The smallest absolute Gasteiger partial charge is 0.230 e. The number of hydrogen-bond acceptors (Lipinski definition) is 2. The van der Waals surface area contributed by atoms with E-state index >= 15 is 0 Å². The zero-order chi connectivity index (χ0) is 16.7. The minimum Gasteiger partial charge on any atom is -0.342 e. The molecule has 1 amide bonds. The van der Waals surface area contributed by atoms with Crippen LogP contribution >= 0.6 is 11.6 Å². The molecule has 1 atom stereocenters. The Balaban J connectivity index is 1.43. The summed E-state index contributed by atoms with van der Waals surface area (Å²) in [6.07, 6.45) is 5.62. The van der Waals surface area contributed by atoms with Gasteiger partial charge in [-0.1, -0.05) is 17.7 Å². The van der Waals surface area contributed by atoms with Crippen molar-refractivity contribution < 1.29 is 9.18 Å². The molecule has 3 nitrogen and oxygen atoms in total. The summed E-state index contributed by atoms with van der Waals surface area (Å²) in [5.41, 5.74) is 0.743.